The van der Waals surface area contributed by atoms with Crippen molar-refractivity contribution in [3.8, 4) is 0 Å². The first kappa shape index (κ1) is 97.8. The van der Waals surface area contributed by atoms with Crippen LogP contribution >= 0.6 is 0 Å². The van der Waals surface area contributed by atoms with E-state index in [1.54, 1.807) is 33.7 Å². The molecule has 1 aromatic rings. The molecule has 3 aliphatic heterocycles. The summed E-state index contributed by atoms with van der Waals surface area (Å²) in [6.07, 6.45) is 21.4. The zero-order valence-corrected chi connectivity index (χ0v) is 79.2. The molecule has 15 aliphatic rings. The number of nitrogens with one attached hydrogen (secondary N) is 2. The molecule has 12 saturated carbocycles. The van der Waals surface area contributed by atoms with Crippen LogP contribution in [-0.4, -0.2) is 185 Å². The molecular weight excluding hydrogens is 1730 g/mol. The van der Waals surface area contributed by atoms with Gasteiger partial charge >= 0.3 is 48.9 Å². The third kappa shape index (κ3) is 17.4. The van der Waals surface area contributed by atoms with Crippen LogP contribution in [0.2, 0.25) is 0 Å². The maximum atomic E-state index is 13.1. The Kier molecular flexibility index (Phi) is 29.5. The van der Waals surface area contributed by atoms with E-state index in [-0.39, 0.29) is 177 Å². The van der Waals surface area contributed by atoms with Gasteiger partial charge < -0.3 is 52.3 Å². The van der Waals surface area contributed by atoms with Crippen molar-refractivity contribution in [2.45, 2.75) is 300 Å². The summed E-state index contributed by atoms with van der Waals surface area (Å²) < 4.78 is 95.5. The van der Waals surface area contributed by atoms with E-state index in [2.05, 4.69) is 83.1 Å². The number of carbonyl (C=O) groups is 6. The Morgan fingerprint density at radius 1 is 0.423 bits per heavy atom. The zero-order chi connectivity index (χ0) is 87.6. The first-order valence-electron chi connectivity index (χ1n) is 46.6. The van der Waals surface area contributed by atoms with Crippen molar-refractivity contribution in [2.75, 3.05) is 39.5 Å². The molecule has 6 amide bonds. The number of fused-ring (bicyclic) bond motifs is 15. The summed E-state index contributed by atoms with van der Waals surface area (Å²) in [7, 11) is -12.6. The minimum Gasteiger partial charge on any atom is -0.449 e. The van der Waals surface area contributed by atoms with E-state index in [1.807, 2.05) is 6.07 Å². The molecule has 0 aromatic heterocycles. The summed E-state index contributed by atoms with van der Waals surface area (Å²) in [5, 5.41) is 67.1. The fourth-order valence-corrected chi connectivity index (χ4v) is 34.8. The van der Waals surface area contributed by atoms with Crippen molar-refractivity contribution in [3.05, 3.63) is 43.3 Å². The van der Waals surface area contributed by atoms with Crippen molar-refractivity contribution in [2.24, 2.45) is 157 Å². The zero-order valence-electron chi connectivity index (χ0n) is 75.2. The first-order chi connectivity index (χ1) is 57.0. The van der Waals surface area contributed by atoms with E-state index >= 15 is 0 Å². The van der Waals surface area contributed by atoms with Gasteiger partial charge in [-0.25, -0.2) is 28.1 Å². The molecule has 123 heavy (non-hydrogen) atoms. The summed E-state index contributed by atoms with van der Waals surface area (Å²) in [6.45, 7) is 26.3. The number of rotatable bonds is 17. The van der Waals surface area contributed by atoms with Gasteiger partial charge in [-0.1, -0.05) is 133 Å². The number of hydrogen-bond donors (Lipinski definition) is 8. The minimum atomic E-state index is -4.30. The molecule has 27 nitrogen and oxygen atoms in total. The number of carbonyl (C=O) groups excluding carboxylic acids is 6. The molecule has 16 rings (SSSR count). The molecule has 1 aromatic carbocycles. The summed E-state index contributed by atoms with van der Waals surface area (Å²) in [6, 6.07) is 8.82. The molecule has 31 heteroatoms. The number of nitrogens with zero attached hydrogens (tertiary/aromatic N) is 4. The van der Waals surface area contributed by atoms with Crippen molar-refractivity contribution in [3.63, 3.8) is 0 Å². The average Bonchev–Trinajstić information content (AvgIpc) is 1.68. The maximum Gasteiger partial charge on any atom is 0.425 e. The number of aliphatic hydroxyl groups excluding tert-OH is 6. The molecule has 33 atom stereocenters. The molecule has 0 unspecified atom stereocenters. The van der Waals surface area contributed by atoms with Crippen LogP contribution < -0.4 is 9.44 Å². The van der Waals surface area contributed by atoms with Crippen LogP contribution in [0.25, 0.3) is 0 Å². The number of benzene rings is 1. The van der Waals surface area contributed by atoms with E-state index in [0.717, 1.165) is 158 Å². The second-order valence-electron chi connectivity index (χ2n) is 42.5. The Hall–Kier alpha value is -4.29. The summed E-state index contributed by atoms with van der Waals surface area (Å²) in [5.41, 5.74) is 1.48. The Morgan fingerprint density at radius 3 is 1.01 bits per heavy atom. The SMILES string of the molecule is CC[C@H]1[C@@H](O)[C@@H]2[C@H](CC[C@]3(C)[C@@H]([C@H](C)CCOC(=O)N4CC(=O)N(Cc5ccccc5)S4(=O)=O)CC[C@@H]23)[C@@]2(C)CC[C@@H](O)C[C@@H]12.CC[C@H]1[C@@H](O)[C@@H]2[C@H](CC[C@]3(C)[C@@H]([C@H](C)CCOC(=O)N4CC(=O)NS4(=O)=O)CC[C@@H]23)[C@@]2(C)CC[C@@H](O)C[C@@H]12.CC[C@H]1[C@@H](O)[C@@H]2[C@H](CC[C@]3(C)[C@@H]([C@H](C)CCOC(=O)N4CC(=O)NS4(=O)=O)CC[C@@H]23)[C@@]2(C)CC[C@@H](O)C[C@@H]12.[CH3-].[Pd]. The maximum absolute atomic E-state index is 13.1. The van der Waals surface area contributed by atoms with Crippen molar-refractivity contribution in [1.82, 2.24) is 26.7 Å². The van der Waals surface area contributed by atoms with Crippen LogP contribution in [0.1, 0.15) is 262 Å². The minimum absolute atomic E-state index is 0. The second kappa shape index (κ2) is 37.2. The monoisotopic (exact) mass is 1870 g/mol. The number of ether oxygens (including phenoxy) is 3. The van der Waals surface area contributed by atoms with Gasteiger partial charge in [-0.05, 0) is 316 Å². The van der Waals surface area contributed by atoms with E-state index in [9.17, 15) is 84.7 Å². The van der Waals surface area contributed by atoms with Crippen molar-refractivity contribution >= 4 is 66.6 Å². The standard InChI is InChI=1S/C35H52N2O7S.2C28H46N2O7S.CH3.Pd/c1-5-25-29-19-24(38)13-16-35(29,4)28-14-17-34(3)26(11-12-27(34)31(28)32(25)40)22(2)15-18-44-33(41)37-21-30(39)36(45(37,42)43)20-23-9-7-6-8-10-23;2*1-5-18-22-14-17(31)8-11-28(22,4)21-9-12-27(3)19(6-7-20(27)24(21)25(18)33)16(2)10-13-37-26(34)30-15-23(32)29-38(30,35)36;;/h6-10,22,24-29,31-32,38,40H,5,11-21H2,1-4H3;2*16-22,24-25,31,33H,5-15H2,1-4H3,(H,29,32);1H3;/q;;;-1;/t22-,24-,25-,26-,27+,28+,29+,31+,32-,34-,35-;2*16-,17-,18-,19-,20+,21+,22+,24+,25-,27-,28-;;/m111../s1. The van der Waals surface area contributed by atoms with E-state index < -0.39 is 86.3 Å². The molecule has 8 N–H and O–H groups in total. The fraction of sp³-hybridized carbons (Fsp3) is 0.859. The number of hydrogen-bond acceptors (Lipinski definition) is 21. The Bertz CT molecular complexity index is 4170. The predicted octanol–water partition coefficient (Wildman–Crippen LogP) is 12.7. The molecule has 3 heterocycles. The normalized spacial score (nSPS) is 43.8. The van der Waals surface area contributed by atoms with Crippen LogP contribution in [0.15, 0.2) is 30.3 Å². The summed E-state index contributed by atoms with van der Waals surface area (Å²) in [4.78, 5) is 72.9. The van der Waals surface area contributed by atoms with E-state index in [4.69, 9.17) is 14.2 Å². The largest absolute Gasteiger partial charge is 0.449 e. The average molecular weight is 1880 g/mol. The van der Waals surface area contributed by atoms with Crippen LogP contribution in [0.5, 0.6) is 0 Å². The Morgan fingerprint density at radius 2 is 0.715 bits per heavy atom. The van der Waals surface area contributed by atoms with Crippen LogP contribution in [0.4, 0.5) is 14.4 Å². The summed E-state index contributed by atoms with van der Waals surface area (Å²) >= 11 is 0. The smallest absolute Gasteiger partial charge is 0.425 e. The molecule has 0 spiro atoms. The fourth-order valence-electron chi connectivity index (χ4n) is 31.4. The van der Waals surface area contributed by atoms with Crippen LogP contribution in [-0.2, 0) is 86.2 Å². The topological polar surface area (TPSA) is 391 Å². The molecular formula is C92H147N6O21PdS3-. The van der Waals surface area contributed by atoms with Gasteiger partial charge in [-0.2, -0.15) is 38.2 Å². The second-order valence-corrected chi connectivity index (χ2v) is 47.4. The first-order valence-corrected chi connectivity index (χ1v) is 50.9. The third-order valence-electron chi connectivity index (χ3n) is 37.4. The van der Waals surface area contributed by atoms with Crippen LogP contribution in [0, 0.1) is 164 Å². The van der Waals surface area contributed by atoms with Gasteiger partial charge in [0.1, 0.15) is 19.6 Å². The van der Waals surface area contributed by atoms with Gasteiger partial charge in [0.15, 0.2) is 0 Å². The van der Waals surface area contributed by atoms with Crippen molar-refractivity contribution in [1.29, 1.82) is 0 Å². The van der Waals surface area contributed by atoms with Gasteiger partial charge in [0.05, 0.1) is 63.0 Å². The van der Waals surface area contributed by atoms with Gasteiger partial charge in [0.25, 0.3) is 17.7 Å². The van der Waals surface area contributed by atoms with Crippen LogP contribution in [0.3, 0.4) is 0 Å². The molecule has 12 aliphatic carbocycles. The number of aliphatic hydroxyl groups is 6. The summed E-state index contributed by atoms with van der Waals surface area (Å²) in [5.74, 6) is 5.48. The molecule has 0 radical (unpaired) electrons. The molecule has 700 valence electrons. The molecule has 3 saturated heterocycles. The molecule has 0 bridgehead atoms. The van der Waals surface area contributed by atoms with Crippen molar-refractivity contribution < 1.29 is 119 Å². The predicted molar refractivity (Wildman–Crippen MR) is 457 cm³/mol. The van der Waals surface area contributed by atoms with Gasteiger partial charge in [-0.3, -0.25) is 14.4 Å². The van der Waals surface area contributed by atoms with Gasteiger partial charge in [-0.15, -0.1) is 0 Å². The van der Waals surface area contributed by atoms with E-state index in [1.165, 1.54) is 0 Å². The van der Waals surface area contributed by atoms with Gasteiger partial charge in [0.2, 0.25) is 0 Å². The van der Waals surface area contributed by atoms with Gasteiger partial charge in [0, 0.05) is 20.4 Å². The number of amides is 6. The Labute approximate surface area is 746 Å². The quantitative estimate of drug-likeness (QED) is 0.0408. The molecule has 15 fully saturated rings. The third-order valence-corrected chi connectivity index (χ3v) is 41.8. The Balaban J connectivity index is 0.000000168. The van der Waals surface area contributed by atoms with E-state index in [0.29, 0.717) is 109 Å².